The molecular formula is C16H22N2O7. The largest absolute Gasteiger partial charge is 0.492 e. The molecule has 1 aliphatic carbocycles. The van der Waals surface area contributed by atoms with E-state index in [4.69, 9.17) is 14.2 Å². The Kier molecular flexibility index (Phi) is 7.64. The summed E-state index contributed by atoms with van der Waals surface area (Å²) in [7, 11) is 1.27. The summed E-state index contributed by atoms with van der Waals surface area (Å²) >= 11 is 0. The maximum atomic E-state index is 12.5. The van der Waals surface area contributed by atoms with Crippen LogP contribution in [-0.2, 0) is 23.8 Å². The molecule has 0 aliphatic heterocycles. The SMILES string of the molecule is CCNC(=O)OCC1=C(COC(=O)NCC)C(=O)C(OC)=C(C)C1=O. The quantitative estimate of drug-likeness (QED) is 0.650. The minimum Gasteiger partial charge on any atom is -0.492 e. The topological polar surface area (TPSA) is 120 Å². The van der Waals surface area contributed by atoms with Crippen molar-refractivity contribution in [3.05, 3.63) is 22.5 Å². The van der Waals surface area contributed by atoms with Crippen LogP contribution in [0.25, 0.3) is 0 Å². The number of Topliss-reactive ketones (excluding diaryl/α,β-unsaturated/α-hetero) is 2. The van der Waals surface area contributed by atoms with Crippen LogP contribution in [0.3, 0.4) is 0 Å². The molecule has 9 heteroatoms. The normalized spacial score (nSPS) is 14.4. The fourth-order valence-electron chi connectivity index (χ4n) is 2.13. The van der Waals surface area contributed by atoms with Crippen molar-refractivity contribution < 1.29 is 33.4 Å². The third kappa shape index (κ3) is 5.07. The van der Waals surface area contributed by atoms with E-state index in [1.165, 1.54) is 14.0 Å². The smallest absolute Gasteiger partial charge is 0.407 e. The van der Waals surface area contributed by atoms with Crippen molar-refractivity contribution in [1.82, 2.24) is 10.6 Å². The van der Waals surface area contributed by atoms with Crippen molar-refractivity contribution in [3.8, 4) is 0 Å². The standard InChI is InChI=1S/C16H22N2O7/c1-5-17-15(21)24-7-10-11(8-25-16(22)18-6-2)13(20)14(23-4)9(3)12(10)19/h5-8H2,1-4H3,(H,17,21)(H,18,22). The van der Waals surface area contributed by atoms with Gasteiger partial charge in [0.1, 0.15) is 13.2 Å². The van der Waals surface area contributed by atoms with E-state index in [2.05, 4.69) is 10.6 Å². The second-order valence-electron chi connectivity index (χ2n) is 4.99. The number of carbonyl (C=O) groups is 4. The van der Waals surface area contributed by atoms with Crippen LogP contribution in [0.1, 0.15) is 20.8 Å². The minimum atomic E-state index is -0.732. The lowest BCUT2D eigenvalue weighted by atomic mass is 9.89. The van der Waals surface area contributed by atoms with Gasteiger partial charge < -0.3 is 24.8 Å². The summed E-state index contributed by atoms with van der Waals surface area (Å²) in [5.74, 6) is -1.21. The number of allylic oxidation sites excluding steroid dienone is 2. The van der Waals surface area contributed by atoms with E-state index in [0.717, 1.165) is 0 Å². The first kappa shape index (κ1) is 20.2. The number of rotatable bonds is 7. The van der Waals surface area contributed by atoms with Crippen LogP contribution in [0.15, 0.2) is 22.5 Å². The molecule has 9 nitrogen and oxygen atoms in total. The zero-order valence-electron chi connectivity index (χ0n) is 14.7. The molecule has 138 valence electrons. The number of hydrogen-bond acceptors (Lipinski definition) is 7. The Morgan fingerprint density at radius 1 is 0.880 bits per heavy atom. The number of carbonyl (C=O) groups excluding carboxylic acids is 4. The molecule has 0 saturated heterocycles. The monoisotopic (exact) mass is 354 g/mol. The Morgan fingerprint density at radius 2 is 1.32 bits per heavy atom. The molecule has 1 aliphatic rings. The lowest BCUT2D eigenvalue weighted by Gasteiger charge is -2.21. The van der Waals surface area contributed by atoms with Crippen molar-refractivity contribution in [3.63, 3.8) is 0 Å². The summed E-state index contributed by atoms with van der Waals surface area (Å²) in [5, 5.41) is 4.82. The number of ketones is 2. The molecule has 0 bridgehead atoms. The van der Waals surface area contributed by atoms with Crippen molar-refractivity contribution in [2.24, 2.45) is 0 Å². The molecule has 0 heterocycles. The lowest BCUT2D eigenvalue weighted by Crippen LogP contribution is -2.32. The fourth-order valence-corrected chi connectivity index (χ4v) is 2.13. The van der Waals surface area contributed by atoms with Gasteiger partial charge >= 0.3 is 12.2 Å². The maximum absolute atomic E-state index is 12.5. The molecule has 0 aromatic carbocycles. The average Bonchev–Trinajstić information content (AvgIpc) is 2.57. The Balaban J connectivity index is 3.06. The van der Waals surface area contributed by atoms with Crippen LogP contribution in [0.5, 0.6) is 0 Å². The molecule has 25 heavy (non-hydrogen) atoms. The highest BCUT2D eigenvalue weighted by Crippen LogP contribution is 2.25. The van der Waals surface area contributed by atoms with Gasteiger partial charge in [0.15, 0.2) is 11.5 Å². The number of nitrogens with one attached hydrogen (secondary N) is 2. The lowest BCUT2D eigenvalue weighted by molar-refractivity contribution is -0.119. The van der Waals surface area contributed by atoms with Gasteiger partial charge in [-0.25, -0.2) is 9.59 Å². The van der Waals surface area contributed by atoms with Gasteiger partial charge in [0.2, 0.25) is 5.78 Å². The van der Waals surface area contributed by atoms with Gasteiger partial charge in [0.05, 0.1) is 12.7 Å². The van der Waals surface area contributed by atoms with Crippen LogP contribution in [0, 0.1) is 0 Å². The van der Waals surface area contributed by atoms with Crippen molar-refractivity contribution in [2.75, 3.05) is 33.4 Å². The summed E-state index contributed by atoms with van der Waals surface area (Å²) in [6, 6.07) is 0. The highest BCUT2D eigenvalue weighted by Gasteiger charge is 2.34. The Hall–Kier alpha value is -2.84. The second-order valence-corrected chi connectivity index (χ2v) is 4.99. The highest BCUT2D eigenvalue weighted by molar-refractivity contribution is 6.24. The fraction of sp³-hybridized carbons (Fsp3) is 0.500. The van der Waals surface area contributed by atoms with Crippen molar-refractivity contribution in [1.29, 1.82) is 0 Å². The van der Waals surface area contributed by atoms with Crippen LogP contribution >= 0.6 is 0 Å². The first-order valence-corrected chi connectivity index (χ1v) is 7.74. The molecule has 1 rings (SSSR count). The Morgan fingerprint density at radius 3 is 1.72 bits per heavy atom. The third-order valence-corrected chi connectivity index (χ3v) is 3.34. The first-order valence-electron chi connectivity index (χ1n) is 7.74. The molecule has 2 amide bonds. The van der Waals surface area contributed by atoms with E-state index in [9.17, 15) is 19.2 Å². The van der Waals surface area contributed by atoms with Gasteiger partial charge in [0.25, 0.3) is 0 Å². The molecular weight excluding hydrogens is 332 g/mol. The van der Waals surface area contributed by atoms with E-state index in [-0.39, 0.29) is 22.5 Å². The van der Waals surface area contributed by atoms with Crippen LogP contribution in [-0.4, -0.2) is 57.2 Å². The molecule has 0 saturated carbocycles. The summed E-state index contributed by atoms with van der Waals surface area (Å²) in [4.78, 5) is 47.9. The van der Waals surface area contributed by atoms with Gasteiger partial charge in [-0.2, -0.15) is 0 Å². The van der Waals surface area contributed by atoms with Gasteiger partial charge in [-0.05, 0) is 20.8 Å². The molecule has 0 unspecified atom stereocenters. The van der Waals surface area contributed by atoms with Crippen LogP contribution in [0.2, 0.25) is 0 Å². The molecule has 0 fully saturated rings. The van der Waals surface area contributed by atoms with Gasteiger partial charge in [-0.15, -0.1) is 0 Å². The molecule has 0 radical (unpaired) electrons. The zero-order valence-corrected chi connectivity index (χ0v) is 14.7. The van der Waals surface area contributed by atoms with E-state index in [1.54, 1.807) is 13.8 Å². The third-order valence-electron chi connectivity index (χ3n) is 3.34. The zero-order chi connectivity index (χ0) is 19.0. The molecule has 0 atom stereocenters. The van der Waals surface area contributed by atoms with Crippen LogP contribution in [0.4, 0.5) is 9.59 Å². The van der Waals surface area contributed by atoms with Gasteiger partial charge in [-0.1, -0.05) is 0 Å². The van der Waals surface area contributed by atoms with Crippen molar-refractivity contribution >= 4 is 23.8 Å². The maximum Gasteiger partial charge on any atom is 0.407 e. The van der Waals surface area contributed by atoms with Gasteiger partial charge in [0, 0.05) is 24.2 Å². The number of ether oxygens (including phenoxy) is 3. The summed E-state index contributed by atoms with van der Waals surface area (Å²) < 4.78 is 14.9. The number of alkyl carbamates (subject to hydrolysis) is 2. The Labute approximate surface area is 145 Å². The van der Waals surface area contributed by atoms with E-state index in [1.807, 2.05) is 0 Å². The average molecular weight is 354 g/mol. The number of methoxy groups -OCH3 is 1. The summed E-state index contributed by atoms with van der Waals surface area (Å²) in [5.41, 5.74) is -0.0226. The van der Waals surface area contributed by atoms with Gasteiger partial charge in [-0.3, -0.25) is 9.59 Å². The van der Waals surface area contributed by atoms with E-state index in [0.29, 0.717) is 13.1 Å². The van der Waals surface area contributed by atoms with E-state index >= 15 is 0 Å². The molecule has 0 aromatic heterocycles. The second kappa shape index (κ2) is 9.45. The first-order chi connectivity index (χ1) is 11.9. The van der Waals surface area contributed by atoms with Crippen molar-refractivity contribution in [2.45, 2.75) is 20.8 Å². The predicted molar refractivity (Wildman–Crippen MR) is 86.8 cm³/mol. The van der Waals surface area contributed by atoms with Crippen LogP contribution < -0.4 is 10.6 Å². The number of amides is 2. The highest BCUT2D eigenvalue weighted by atomic mass is 16.6. The van der Waals surface area contributed by atoms with E-state index < -0.39 is 37.0 Å². The molecule has 0 aromatic rings. The number of hydrogen-bond donors (Lipinski definition) is 2. The molecule has 2 N–H and O–H groups in total. The summed E-state index contributed by atoms with van der Waals surface area (Å²) in [6.45, 7) is 4.69. The Bertz CT molecular complexity index is 634. The molecule has 0 spiro atoms. The summed E-state index contributed by atoms with van der Waals surface area (Å²) in [6.07, 6.45) is -1.46. The predicted octanol–water partition coefficient (Wildman–Crippen LogP) is 0.847. The minimum absolute atomic E-state index is 0.0427.